The first-order valence-corrected chi connectivity index (χ1v) is 11.8. The minimum Gasteiger partial charge on any atom is -0.353 e. The molecule has 3 heteroatoms. The Morgan fingerprint density at radius 3 is 2.87 bits per heavy atom. The van der Waals surface area contributed by atoms with Crippen molar-refractivity contribution in [3.05, 3.63) is 90.2 Å². The Bertz CT molecular complexity index is 892. The number of aliphatic imine (C=N–C) groups is 1. The molecule has 1 aromatic rings. The maximum atomic E-state index is 6.32. The van der Waals surface area contributed by atoms with Gasteiger partial charge in [-0.3, -0.25) is 4.99 Å². The van der Waals surface area contributed by atoms with Crippen molar-refractivity contribution in [2.24, 2.45) is 10.9 Å². The molecular formula is C28H35ClN2. The van der Waals surface area contributed by atoms with Crippen LogP contribution in [0.15, 0.2) is 84.0 Å². The van der Waals surface area contributed by atoms with E-state index in [4.69, 9.17) is 16.6 Å². The fourth-order valence-electron chi connectivity index (χ4n) is 4.68. The lowest BCUT2D eigenvalue weighted by atomic mass is 9.93. The lowest BCUT2D eigenvalue weighted by Crippen LogP contribution is -2.37. The SMILES string of the molecule is C=C/C=C\C(=C/C)c1cccc(C2CCC(N3C=CC(C(=C)Cl)C3N=CCCC)C2)c1. The van der Waals surface area contributed by atoms with E-state index in [1.54, 1.807) is 0 Å². The van der Waals surface area contributed by atoms with Crippen molar-refractivity contribution in [2.45, 2.75) is 64.1 Å². The van der Waals surface area contributed by atoms with E-state index in [0.717, 1.165) is 19.3 Å². The molecule has 0 saturated heterocycles. The van der Waals surface area contributed by atoms with Gasteiger partial charge in [0.15, 0.2) is 0 Å². The molecule has 0 bridgehead atoms. The molecule has 4 atom stereocenters. The highest BCUT2D eigenvalue weighted by atomic mass is 35.5. The van der Waals surface area contributed by atoms with E-state index in [1.165, 1.54) is 29.5 Å². The Morgan fingerprint density at radius 2 is 2.16 bits per heavy atom. The van der Waals surface area contributed by atoms with Crippen LogP contribution in [0.1, 0.15) is 63.0 Å². The maximum Gasteiger partial charge on any atom is 0.131 e. The van der Waals surface area contributed by atoms with Gasteiger partial charge in [0.1, 0.15) is 6.17 Å². The normalized spacial score (nSPS) is 26.4. The van der Waals surface area contributed by atoms with E-state index >= 15 is 0 Å². The number of hydrogen-bond donors (Lipinski definition) is 0. The highest BCUT2D eigenvalue weighted by molar-refractivity contribution is 6.29. The minimum absolute atomic E-state index is 0.0466. The van der Waals surface area contributed by atoms with Crippen LogP contribution in [0.4, 0.5) is 0 Å². The number of hydrogen-bond acceptors (Lipinski definition) is 2. The standard InChI is InChI=1S/C28H35ClN2/c1-5-8-11-22(7-3)23-12-10-13-24(19-23)25-14-15-26(20-25)31-18-16-27(21(4)29)28(31)30-17-9-6-2/h5,7-8,10-13,16-19,25-28H,1,4,6,9,14-15,20H2,2-3H3/b11-8-,22-7+,30-17?. The molecule has 0 radical (unpaired) electrons. The number of unbranched alkanes of at least 4 members (excludes halogenated alkanes) is 1. The highest BCUT2D eigenvalue weighted by Gasteiger charge is 2.38. The molecule has 1 heterocycles. The van der Waals surface area contributed by atoms with Gasteiger partial charge in [-0.25, -0.2) is 0 Å². The van der Waals surface area contributed by atoms with Crippen LogP contribution in [-0.4, -0.2) is 23.3 Å². The Kier molecular flexibility index (Phi) is 8.54. The van der Waals surface area contributed by atoms with Gasteiger partial charge in [-0.15, -0.1) is 0 Å². The zero-order valence-electron chi connectivity index (χ0n) is 18.9. The number of benzene rings is 1. The van der Waals surface area contributed by atoms with Crippen LogP contribution >= 0.6 is 11.6 Å². The van der Waals surface area contributed by atoms with Crippen LogP contribution in [0.5, 0.6) is 0 Å². The summed E-state index contributed by atoms with van der Waals surface area (Å²) in [6.07, 6.45) is 20.2. The molecule has 2 nitrogen and oxygen atoms in total. The summed E-state index contributed by atoms with van der Waals surface area (Å²) >= 11 is 6.32. The summed E-state index contributed by atoms with van der Waals surface area (Å²) in [5.74, 6) is 0.657. The second-order valence-electron chi connectivity index (χ2n) is 8.42. The Morgan fingerprint density at radius 1 is 1.32 bits per heavy atom. The van der Waals surface area contributed by atoms with Crippen molar-refractivity contribution in [1.29, 1.82) is 0 Å². The average Bonchev–Trinajstić information content (AvgIpc) is 3.42. The molecule has 2 aliphatic rings. The van der Waals surface area contributed by atoms with E-state index in [9.17, 15) is 0 Å². The van der Waals surface area contributed by atoms with Gasteiger partial charge < -0.3 is 4.90 Å². The average molecular weight is 435 g/mol. The van der Waals surface area contributed by atoms with Gasteiger partial charge in [-0.05, 0) is 61.4 Å². The van der Waals surface area contributed by atoms with Crippen LogP contribution in [0.2, 0.25) is 0 Å². The summed E-state index contributed by atoms with van der Waals surface area (Å²) in [7, 11) is 0. The van der Waals surface area contributed by atoms with Crippen molar-refractivity contribution in [3.8, 4) is 0 Å². The lowest BCUT2D eigenvalue weighted by molar-refractivity contribution is 0.209. The zero-order chi connectivity index (χ0) is 22.2. The van der Waals surface area contributed by atoms with E-state index in [1.807, 2.05) is 12.2 Å². The van der Waals surface area contributed by atoms with Crippen molar-refractivity contribution < 1.29 is 0 Å². The van der Waals surface area contributed by atoms with Gasteiger partial charge in [-0.2, -0.15) is 0 Å². The fourth-order valence-corrected chi connectivity index (χ4v) is 4.87. The molecule has 0 amide bonds. The largest absolute Gasteiger partial charge is 0.353 e. The first kappa shape index (κ1) is 23.3. The van der Waals surface area contributed by atoms with Crippen molar-refractivity contribution in [3.63, 3.8) is 0 Å². The quantitative estimate of drug-likeness (QED) is 0.285. The monoisotopic (exact) mass is 434 g/mol. The molecule has 0 spiro atoms. The van der Waals surface area contributed by atoms with Gasteiger partial charge in [-0.1, -0.05) is 92.7 Å². The Balaban J connectivity index is 1.74. The molecule has 1 aliphatic heterocycles. The van der Waals surface area contributed by atoms with Crippen LogP contribution in [0, 0.1) is 5.92 Å². The maximum absolute atomic E-state index is 6.32. The number of nitrogens with zero attached hydrogens (tertiary/aromatic N) is 2. The van der Waals surface area contributed by atoms with Gasteiger partial charge in [0.25, 0.3) is 0 Å². The zero-order valence-corrected chi connectivity index (χ0v) is 19.6. The number of rotatable bonds is 9. The molecule has 0 N–H and O–H groups in total. The van der Waals surface area contributed by atoms with E-state index in [0.29, 0.717) is 17.0 Å². The van der Waals surface area contributed by atoms with Crippen LogP contribution in [0.3, 0.4) is 0 Å². The Hall–Kier alpha value is -2.32. The van der Waals surface area contributed by atoms with E-state index in [-0.39, 0.29) is 12.1 Å². The molecule has 31 heavy (non-hydrogen) atoms. The predicted octanol–water partition coefficient (Wildman–Crippen LogP) is 7.86. The summed E-state index contributed by atoms with van der Waals surface area (Å²) in [5, 5.41) is 0.672. The third kappa shape index (κ3) is 5.68. The van der Waals surface area contributed by atoms with Crippen molar-refractivity contribution in [2.75, 3.05) is 0 Å². The summed E-state index contributed by atoms with van der Waals surface area (Å²) in [6, 6.07) is 9.50. The Labute approximate surface area is 193 Å². The summed E-state index contributed by atoms with van der Waals surface area (Å²) in [6.45, 7) is 12.0. The first-order valence-electron chi connectivity index (χ1n) is 11.5. The van der Waals surface area contributed by atoms with Crippen LogP contribution in [0.25, 0.3) is 5.57 Å². The predicted molar refractivity (Wildman–Crippen MR) is 136 cm³/mol. The second kappa shape index (κ2) is 11.3. The molecule has 3 rings (SSSR count). The highest BCUT2D eigenvalue weighted by Crippen LogP contribution is 2.42. The van der Waals surface area contributed by atoms with E-state index < -0.39 is 0 Å². The molecule has 1 fully saturated rings. The third-order valence-electron chi connectivity index (χ3n) is 6.37. The molecule has 1 aromatic carbocycles. The van der Waals surface area contributed by atoms with Gasteiger partial charge in [0, 0.05) is 17.3 Å². The second-order valence-corrected chi connectivity index (χ2v) is 8.91. The smallest absolute Gasteiger partial charge is 0.131 e. The number of halogens is 1. The van der Waals surface area contributed by atoms with Gasteiger partial charge >= 0.3 is 0 Å². The van der Waals surface area contributed by atoms with E-state index in [2.05, 4.69) is 86.8 Å². The molecule has 164 valence electrons. The van der Waals surface area contributed by atoms with Crippen LogP contribution in [-0.2, 0) is 0 Å². The van der Waals surface area contributed by atoms with Gasteiger partial charge in [0.05, 0.1) is 5.92 Å². The van der Waals surface area contributed by atoms with Gasteiger partial charge in [0.2, 0.25) is 0 Å². The molecule has 1 saturated carbocycles. The first-order chi connectivity index (χ1) is 15.1. The lowest BCUT2D eigenvalue weighted by Gasteiger charge is -2.32. The molecule has 0 aromatic heterocycles. The third-order valence-corrected chi connectivity index (χ3v) is 6.62. The summed E-state index contributed by atoms with van der Waals surface area (Å²) in [5.41, 5.74) is 3.93. The minimum atomic E-state index is 0.0466. The van der Waals surface area contributed by atoms with Crippen LogP contribution < -0.4 is 0 Å². The van der Waals surface area contributed by atoms with Crippen molar-refractivity contribution >= 4 is 23.4 Å². The molecule has 1 aliphatic carbocycles. The molecule has 4 unspecified atom stereocenters. The summed E-state index contributed by atoms with van der Waals surface area (Å²) < 4.78 is 0. The van der Waals surface area contributed by atoms with Crippen molar-refractivity contribution in [1.82, 2.24) is 4.90 Å². The topological polar surface area (TPSA) is 15.6 Å². The number of allylic oxidation sites excluding steroid dienone is 5. The molecular weight excluding hydrogens is 400 g/mol. The fraction of sp³-hybridized carbons (Fsp3) is 0.393. The summed E-state index contributed by atoms with van der Waals surface area (Å²) in [4.78, 5) is 7.32.